The minimum atomic E-state index is -0.609. The molecule has 2 rings (SSSR count). The van der Waals surface area contributed by atoms with Gasteiger partial charge in [0.1, 0.15) is 6.61 Å². The van der Waals surface area contributed by atoms with Gasteiger partial charge in [-0.05, 0) is 25.0 Å². The van der Waals surface area contributed by atoms with Crippen LogP contribution in [0.5, 0.6) is 5.75 Å². The number of rotatable bonds is 4. The Morgan fingerprint density at radius 2 is 2.27 bits per heavy atom. The molecule has 2 nitrogen and oxygen atoms in total. The monoisotopic (exact) mass is 228 g/mol. The average Bonchev–Trinajstić information content (AvgIpc) is 3.03. The van der Waals surface area contributed by atoms with Crippen molar-refractivity contribution in [1.82, 2.24) is 0 Å². The summed E-state index contributed by atoms with van der Waals surface area (Å²) in [5.41, 5.74) is 0. The Morgan fingerprint density at radius 3 is 2.93 bits per heavy atom. The third kappa shape index (κ3) is 2.48. The van der Waals surface area contributed by atoms with Gasteiger partial charge in [0, 0.05) is 5.92 Å². The van der Waals surface area contributed by atoms with Crippen LogP contribution in [0, 0.1) is 11.7 Å². The predicted molar refractivity (Wildman–Crippen MR) is 54.6 cm³/mol. The highest BCUT2D eigenvalue weighted by atomic mass is 35.5. The highest BCUT2D eigenvalue weighted by molar-refractivity contribution is 6.30. The van der Waals surface area contributed by atoms with Gasteiger partial charge in [0.15, 0.2) is 17.3 Å². The van der Waals surface area contributed by atoms with Crippen LogP contribution in [0.2, 0.25) is 5.02 Å². The van der Waals surface area contributed by atoms with E-state index in [9.17, 15) is 9.18 Å². The van der Waals surface area contributed by atoms with Crippen LogP contribution in [0.3, 0.4) is 0 Å². The van der Waals surface area contributed by atoms with Crippen molar-refractivity contribution < 1.29 is 13.9 Å². The fraction of sp³-hybridized carbons (Fsp3) is 0.364. The van der Waals surface area contributed by atoms with Gasteiger partial charge in [-0.1, -0.05) is 17.7 Å². The minimum Gasteiger partial charge on any atom is -0.483 e. The van der Waals surface area contributed by atoms with E-state index in [0.29, 0.717) is 0 Å². The Balaban J connectivity index is 1.98. The van der Waals surface area contributed by atoms with E-state index < -0.39 is 5.82 Å². The molecule has 1 saturated carbocycles. The molecule has 0 saturated heterocycles. The maximum Gasteiger partial charge on any atom is 0.183 e. The topological polar surface area (TPSA) is 26.3 Å². The first-order valence-electron chi connectivity index (χ1n) is 4.78. The van der Waals surface area contributed by atoms with E-state index in [1.54, 1.807) is 6.07 Å². The Morgan fingerprint density at radius 1 is 1.53 bits per heavy atom. The first-order chi connectivity index (χ1) is 7.18. The molecule has 0 N–H and O–H groups in total. The van der Waals surface area contributed by atoms with Crippen molar-refractivity contribution in [3.05, 3.63) is 29.0 Å². The molecule has 1 aliphatic carbocycles. The van der Waals surface area contributed by atoms with E-state index in [4.69, 9.17) is 16.3 Å². The molecule has 0 bridgehead atoms. The molecule has 1 fully saturated rings. The van der Waals surface area contributed by atoms with Gasteiger partial charge in [0.2, 0.25) is 0 Å². The number of carbonyl (C=O) groups is 1. The number of halogens is 2. The zero-order valence-electron chi connectivity index (χ0n) is 8.00. The summed E-state index contributed by atoms with van der Waals surface area (Å²) in [6.45, 7) is -0.0675. The lowest BCUT2D eigenvalue weighted by molar-refractivity contribution is -0.122. The lowest BCUT2D eigenvalue weighted by Gasteiger charge is -2.06. The molecule has 1 aromatic rings. The smallest absolute Gasteiger partial charge is 0.183 e. The maximum atomic E-state index is 13.3. The minimum absolute atomic E-state index is 0.00590. The van der Waals surface area contributed by atoms with Crippen molar-refractivity contribution in [2.75, 3.05) is 6.61 Å². The van der Waals surface area contributed by atoms with Crippen molar-refractivity contribution in [2.45, 2.75) is 12.8 Å². The molecule has 1 aromatic carbocycles. The second-order valence-corrected chi connectivity index (χ2v) is 3.99. The number of carbonyl (C=O) groups excluding carboxylic acids is 1. The molecule has 4 heteroatoms. The Kier molecular flexibility index (Phi) is 2.91. The zero-order chi connectivity index (χ0) is 10.8. The third-order valence-corrected chi connectivity index (χ3v) is 2.61. The molecule has 0 spiro atoms. The second-order valence-electron chi connectivity index (χ2n) is 3.58. The number of ether oxygens (including phenoxy) is 1. The van der Waals surface area contributed by atoms with Crippen molar-refractivity contribution in [3.63, 3.8) is 0 Å². The number of Topliss-reactive ketones (excluding diaryl/α,β-unsaturated/α-hetero) is 1. The molecule has 0 heterocycles. The summed E-state index contributed by atoms with van der Waals surface area (Å²) in [5, 5.41) is 0.00590. The van der Waals surface area contributed by atoms with E-state index in [0.717, 1.165) is 12.8 Å². The Labute approximate surface area is 92.0 Å². The summed E-state index contributed by atoms with van der Waals surface area (Å²) < 4.78 is 18.4. The van der Waals surface area contributed by atoms with Gasteiger partial charge < -0.3 is 4.74 Å². The number of hydrogen-bond donors (Lipinski definition) is 0. The van der Waals surface area contributed by atoms with Gasteiger partial charge in [-0.2, -0.15) is 0 Å². The van der Waals surface area contributed by atoms with Crippen LogP contribution in [-0.4, -0.2) is 12.4 Å². The quantitative estimate of drug-likeness (QED) is 0.792. The normalized spacial score (nSPS) is 15.1. The third-order valence-electron chi connectivity index (χ3n) is 2.32. The molecular formula is C11H10ClFO2. The summed E-state index contributed by atoms with van der Waals surface area (Å²) >= 11 is 5.56. The second kappa shape index (κ2) is 4.19. The zero-order valence-corrected chi connectivity index (χ0v) is 8.76. The standard InChI is InChI=1S/C11H10ClFO2/c12-8-2-1-3-10(11(8)13)15-6-9(14)7-4-5-7/h1-3,7H,4-6H2. The molecule has 0 aromatic heterocycles. The largest absolute Gasteiger partial charge is 0.483 e. The summed E-state index contributed by atoms with van der Waals surface area (Å²) in [6.07, 6.45) is 1.86. The molecule has 1 aliphatic rings. The van der Waals surface area contributed by atoms with Crippen LogP contribution >= 0.6 is 11.6 Å². The fourth-order valence-electron chi connectivity index (χ4n) is 1.27. The summed E-state index contributed by atoms with van der Waals surface area (Å²) in [6, 6.07) is 4.48. The molecule has 80 valence electrons. The van der Waals surface area contributed by atoms with E-state index in [2.05, 4.69) is 0 Å². The first-order valence-corrected chi connectivity index (χ1v) is 5.16. The molecule has 0 atom stereocenters. The highest BCUT2D eigenvalue weighted by Crippen LogP contribution is 2.30. The van der Waals surface area contributed by atoms with Gasteiger partial charge in [0.05, 0.1) is 5.02 Å². The molecular weight excluding hydrogens is 219 g/mol. The molecule has 0 radical (unpaired) electrons. The van der Waals surface area contributed by atoms with E-state index in [-0.39, 0.29) is 29.1 Å². The fourth-order valence-corrected chi connectivity index (χ4v) is 1.43. The van der Waals surface area contributed by atoms with Gasteiger partial charge in [-0.25, -0.2) is 4.39 Å². The van der Waals surface area contributed by atoms with Crippen LogP contribution in [0.15, 0.2) is 18.2 Å². The SMILES string of the molecule is O=C(COc1cccc(Cl)c1F)C1CC1. The van der Waals surface area contributed by atoms with Gasteiger partial charge in [0.25, 0.3) is 0 Å². The van der Waals surface area contributed by atoms with Gasteiger partial charge >= 0.3 is 0 Å². The highest BCUT2D eigenvalue weighted by Gasteiger charge is 2.29. The van der Waals surface area contributed by atoms with Gasteiger partial charge in [-0.15, -0.1) is 0 Å². The van der Waals surface area contributed by atoms with E-state index in [1.165, 1.54) is 12.1 Å². The molecule has 15 heavy (non-hydrogen) atoms. The van der Waals surface area contributed by atoms with Crippen LogP contribution in [0.1, 0.15) is 12.8 Å². The van der Waals surface area contributed by atoms with Crippen molar-refractivity contribution >= 4 is 17.4 Å². The Hall–Kier alpha value is -1.09. The van der Waals surface area contributed by atoms with Crippen LogP contribution in [0.25, 0.3) is 0 Å². The van der Waals surface area contributed by atoms with Crippen molar-refractivity contribution in [3.8, 4) is 5.75 Å². The van der Waals surface area contributed by atoms with Gasteiger partial charge in [-0.3, -0.25) is 4.79 Å². The maximum absolute atomic E-state index is 13.3. The van der Waals surface area contributed by atoms with E-state index in [1.807, 2.05) is 0 Å². The number of benzene rings is 1. The summed E-state index contributed by atoms with van der Waals surface area (Å²) in [4.78, 5) is 11.3. The lowest BCUT2D eigenvalue weighted by atomic mass is 10.3. The van der Waals surface area contributed by atoms with Crippen LogP contribution in [0.4, 0.5) is 4.39 Å². The molecule has 0 amide bonds. The van der Waals surface area contributed by atoms with Crippen molar-refractivity contribution in [2.24, 2.45) is 5.92 Å². The van der Waals surface area contributed by atoms with Crippen LogP contribution in [-0.2, 0) is 4.79 Å². The number of ketones is 1. The lowest BCUT2D eigenvalue weighted by Crippen LogP contribution is -2.13. The molecule has 0 unspecified atom stereocenters. The Bertz CT molecular complexity index is 388. The summed E-state index contributed by atoms with van der Waals surface area (Å²) in [5.74, 6) is -0.402. The van der Waals surface area contributed by atoms with Crippen molar-refractivity contribution in [1.29, 1.82) is 0 Å². The average molecular weight is 229 g/mol. The van der Waals surface area contributed by atoms with Crippen LogP contribution < -0.4 is 4.74 Å². The predicted octanol–water partition coefficient (Wildman–Crippen LogP) is 2.84. The molecule has 0 aliphatic heterocycles. The number of hydrogen-bond acceptors (Lipinski definition) is 2. The van der Waals surface area contributed by atoms with E-state index >= 15 is 0 Å². The summed E-state index contributed by atoms with van der Waals surface area (Å²) in [7, 11) is 0. The first kappa shape index (κ1) is 10.4.